The Hall–Kier alpha value is -2.56. The van der Waals surface area contributed by atoms with Gasteiger partial charge in [0.2, 0.25) is 0 Å². The summed E-state index contributed by atoms with van der Waals surface area (Å²) in [5.74, 6) is 0.667. The molecule has 0 atom stereocenters. The van der Waals surface area contributed by atoms with Crippen molar-refractivity contribution in [2.45, 2.75) is 12.8 Å². The molecule has 112 valence electrons. The average molecular weight is 298 g/mol. The molecule has 0 radical (unpaired) electrons. The van der Waals surface area contributed by atoms with Crippen molar-refractivity contribution in [3.8, 4) is 17.2 Å². The zero-order chi connectivity index (χ0) is 15.1. The minimum absolute atomic E-state index is 0.197. The highest BCUT2D eigenvalue weighted by Crippen LogP contribution is 2.31. The molecule has 2 aromatic carbocycles. The lowest BCUT2D eigenvalue weighted by atomic mass is 10.2. The van der Waals surface area contributed by atoms with E-state index in [1.807, 2.05) is 0 Å². The van der Waals surface area contributed by atoms with Crippen molar-refractivity contribution in [1.82, 2.24) is 9.78 Å². The molecule has 1 N–H and O–H groups in total. The number of hydrogen-bond acceptors (Lipinski definition) is 3. The number of halogens is 1. The third-order valence-electron chi connectivity index (χ3n) is 3.84. The number of nitrogens with zero attached hydrogens (tertiary/aromatic N) is 2. The van der Waals surface area contributed by atoms with Crippen LogP contribution in [-0.2, 0) is 0 Å². The lowest BCUT2D eigenvalue weighted by Crippen LogP contribution is -2.00. The third-order valence-corrected chi connectivity index (χ3v) is 3.84. The van der Waals surface area contributed by atoms with E-state index in [0.29, 0.717) is 23.4 Å². The molecular weight excluding hydrogens is 283 g/mol. The zero-order valence-electron chi connectivity index (χ0n) is 11.9. The standard InChI is InChI=1S/C17H15FN2O2/c18-15-7-12-9-20(13-3-5-14(21)6-4-13)19-16(12)8-17(15)22-10-11-1-2-11/h3-9,11,21H,1-2,10H2. The van der Waals surface area contributed by atoms with Crippen LogP contribution < -0.4 is 4.74 Å². The van der Waals surface area contributed by atoms with Crippen molar-refractivity contribution in [2.24, 2.45) is 5.92 Å². The van der Waals surface area contributed by atoms with Gasteiger partial charge in [-0.25, -0.2) is 9.07 Å². The Morgan fingerprint density at radius 1 is 1.23 bits per heavy atom. The van der Waals surface area contributed by atoms with Crippen LogP contribution >= 0.6 is 0 Å². The van der Waals surface area contributed by atoms with Crippen molar-refractivity contribution in [1.29, 1.82) is 0 Å². The van der Waals surface area contributed by atoms with Crippen LogP contribution in [0.25, 0.3) is 16.6 Å². The topological polar surface area (TPSA) is 47.3 Å². The van der Waals surface area contributed by atoms with Crippen molar-refractivity contribution in [2.75, 3.05) is 6.61 Å². The van der Waals surface area contributed by atoms with Gasteiger partial charge in [0, 0.05) is 17.6 Å². The maximum absolute atomic E-state index is 14.1. The van der Waals surface area contributed by atoms with Gasteiger partial charge in [-0.2, -0.15) is 5.10 Å². The summed E-state index contributed by atoms with van der Waals surface area (Å²) >= 11 is 0. The van der Waals surface area contributed by atoms with Crippen LogP contribution in [0.5, 0.6) is 11.5 Å². The van der Waals surface area contributed by atoms with Crippen LogP contribution in [-0.4, -0.2) is 21.5 Å². The summed E-state index contributed by atoms with van der Waals surface area (Å²) in [5, 5.41) is 14.5. The van der Waals surface area contributed by atoms with Crippen LogP contribution in [0.4, 0.5) is 4.39 Å². The highest BCUT2D eigenvalue weighted by atomic mass is 19.1. The molecule has 1 saturated carbocycles. The highest BCUT2D eigenvalue weighted by Gasteiger charge is 2.22. The fourth-order valence-electron chi connectivity index (χ4n) is 2.37. The number of phenolic OH excluding ortho intramolecular Hbond substituents is 1. The highest BCUT2D eigenvalue weighted by molar-refractivity contribution is 5.80. The number of fused-ring (bicyclic) bond motifs is 1. The summed E-state index contributed by atoms with van der Waals surface area (Å²) in [5.41, 5.74) is 1.48. The molecular formula is C17H15FN2O2. The normalized spacial score (nSPS) is 14.4. The van der Waals surface area contributed by atoms with Gasteiger partial charge in [0.15, 0.2) is 11.6 Å². The van der Waals surface area contributed by atoms with E-state index in [-0.39, 0.29) is 17.3 Å². The Bertz CT molecular complexity index is 823. The minimum Gasteiger partial charge on any atom is -0.508 e. The Balaban J connectivity index is 1.68. The molecule has 4 rings (SSSR count). The number of aromatic nitrogens is 2. The maximum atomic E-state index is 14.1. The molecule has 0 amide bonds. The van der Waals surface area contributed by atoms with E-state index in [9.17, 15) is 9.50 Å². The van der Waals surface area contributed by atoms with E-state index in [2.05, 4.69) is 5.10 Å². The fraction of sp³-hybridized carbons (Fsp3) is 0.235. The van der Waals surface area contributed by atoms with Gasteiger partial charge in [-0.3, -0.25) is 0 Å². The maximum Gasteiger partial charge on any atom is 0.165 e. The van der Waals surface area contributed by atoms with E-state index >= 15 is 0 Å². The van der Waals surface area contributed by atoms with Gasteiger partial charge in [0.05, 0.1) is 17.8 Å². The summed E-state index contributed by atoms with van der Waals surface area (Å²) in [6, 6.07) is 9.77. The van der Waals surface area contributed by atoms with Crippen LogP contribution in [0.15, 0.2) is 42.6 Å². The van der Waals surface area contributed by atoms with E-state index in [1.54, 1.807) is 41.2 Å². The molecule has 1 aromatic heterocycles. The molecule has 22 heavy (non-hydrogen) atoms. The molecule has 3 aromatic rings. The van der Waals surface area contributed by atoms with E-state index in [0.717, 1.165) is 5.69 Å². The molecule has 0 aliphatic heterocycles. The van der Waals surface area contributed by atoms with Crippen LogP contribution in [0.3, 0.4) is 0 Å². The Morgan fingerprint density at radius 2 is 2.00 bits per heavy atom. The van der Waals surface area contributed by atoms with Gasteiger partial charge in [0.25, 0.3) is 0 Å². The SMILES string of the molecule is Oc1ccc(-n2cc3cc(F)c(OCC4CC4)cc3n2)cc1. The van der Waals surface area contributed by atoms with Crippen LogP contribution in [0.1, 0.15) is 12.8 Å². The van der Waals surface area contributed by atoms with E-state index in [1.165, 1.54) is 18.9 Å². The van der Waals surface area contributed by atoms with Gasteiger partial charge >= 0.3 is 0 Å². The smallest absolute Gasteiger partial charge is 0.165 e. The number of hydrogen-bond donors (Lipinski definition) is 1. The number of phenols is 1. The Labute approximate surface area is 126 Å². The first-order chi connectivity index (χ1) is 10.7. The molecule has 5 heteroatoms. The van der Waals surface area contributed by atoms with E-state index < -0.39 is 0 Å². The molecule has 4 nitrogen and oxygen atoms in total. The molecule has 1 aliphatic rings. The van der Waals surface area contributed by atoms with Crippen LogP contribution in [0.2, 0.25) is 0 Å². The van der Waals surface area contributed by atoms with Crippen LogP contribution in [0, 0.1) is 11.7 Å². The monoisotopic (exact) mass is 298 g/mol. The minimum atomic E-state index is -0.363. The fourth-order valence-corrected chi connectivity index (χ4v) is 2.37. The lowest BCUT2D eigenvalue weighted by Gasteiger charge is -2.05. The van der Waals surface area contributed by atoms with Crippen molar-refractivity contribution >= 4 is 10.9 Å². The Kier molecular flexibility index (Phi) is 2.99. The first-order valence-electron chi connectivity index (χ1n) is 7.30. The summed E-state index contributed by atoms with van der Waals surface area (Å²) < 4.78 is 21.3. The van der Waals surface area contributed by atoms with Crippen molar-refractivity contribution in [3.05, 3.63) is 48.4 Å². The largest absolute Gasteiger partial charge is 0.508 e. The second-order valence-electron chi connectivity index (χ2n) is 5.69. The summed E-state index contributed by atoms with van der Waals surface area (Å²) in [6.45, 7) is 0.571. The predicted molar refractivity (Wildman–Crippen MR) is 80.9 cm³/mol. The van der Waals surface area contributed by atoms with Crippen molar-refractivity contribution < 1.29 is 14.2 Å². The lowest BCUT2D eigenvalue weighted by molar-refractivity contribution is 0.286. The summed E-state index contributed by atoms with van der Waals surface area (Å²) in [4.78, 5) is 0. The number of rotatable bonds is 4. The summed E-state index contributed by atoms with van der Waals surface area (Å²) in [7, 11) is 0. The average Bonchev–Trinajstić information content (AvgIpc) is 3.25. The second-order valence-corrected chi connectivity index (χ2v) is 5.69. The molecule has 1 heterocycles. The second kappa shape index (κ2) is 5.02. The first kappa shape index (κ1) is 13.1. The molecule has 0 unspecified atom stereocenters. The Morgan fingerprint density at radius 3 is 2.73 bits per heavy atom. The summed E-state index contributed by atoms with van der Waals surface area (Å²) in [6.07, 6.45) is 4.09. The van der Waals surface area contributed by atoms with Gasteiger partial charge in [-0.05, 0) is 49.1 Å². The quantitative estimate of drug-likeness (QED) is 0.799. The molecule has 0 saturated heterocycles. The zero-order valence-corrected chi connectivity index (χ0v) is 11.9. The van der Waals surface area contributed by atoms with Gasteiger partial charge < -0.3 is 9.84 Å². The van der Waals surface area contributed by atoms with Gasteiger partial charge in [-0.15, -0.1) is 0 Å². The number of aromatic hydroxyl groups is 1. The van der Waals surface area contributed by atoms with Gasteiger partial charge in [-0.1, -0.05) is 0 Å². The first-order valence-corrected chi connectivity index (χ1v) is 7.30. The van der Waals surface area contributed by atoms with Gasteiger partial charge in [0.1, 0.15) is 5.75 Å². The van der Waals surface area contributed by atoms with E-state index in [4.69, 9.17) is 4.74 Å². The third kappa shape index (κ3) is 2.50. The molecule has 1 aliphatic carbocycles. The molecule has 0 bridgehead atoms. The molecule has 1 fully saturated rings. The predicted octanol–water partition coefficient (Wildman–Crippen LogP) is 3.66. The van der Waals surface area contributed by atoms with Crippen molar-refractivity contribution in [3.63, 3.8) is 0 Å². The molecule has 0 spiro atoms. The number of ether oxygens (including phenoxy) is 1. The number of benzene rings is 2.